The van der Waals surface area contributed by atoms with Gasteiger partial charge in [0, 0.05) is 45.1 Å². The highest BCUT2D eigenvalue weighted by atomic mass is 15.1. The van der Waals surface area contributed by atoms with E-state index in [4.69, 9.17) is 11.5 Å². The fraction of sp³-hybridized carbons (Fsp3) is 0.500. The van der Waals surface area contributed by atoms with E-state index in [2.05, 4.69) is 16.0 Å². The van der Waals surface area contributed by atoms with E-state index in [0.717, 1.165) is 19.6 Å². The number of nitrogens with two attached hydrogens (primary N) is 2. The molecule has 0 unspecified atom stereocenters. The standard InChI is InChI=1S/C10H18N4/c11-3-6-14(7-4-12)9-10-2-1-5-13-8-10/h1-2,5,8H,3-4,6-7,9,11-12H2. The third kappa shape index (κ3) is 3.83. The van der Waals surface area contributed by atoms with Gasteiger partial charge in [-0.25, -0.2) is 0 Å². The SMILES string of the molecule is NCCN(CCN)Cc1cccnc1. The second-order valence-corrected chi connectivity index (χ2v) is 3.21. The zero-order chi connectivity index (χ0) is 10.2. The maximum absolute atomic E-state index is 5.52. The van der Waals surface area contributed by atoms with E-state index in [0.29, 0.717) is 13.1 Å². The predicted octanol–water partition coefficient (Wildman–Crippen LogP) is -0.199. The lowest BCUT2D eigenvalue weighted by Gasteiger charge is -2.20. The Kier molecular flexibility index (Phi) is 5.14. The minimum atomic E-state index is 0.667. The lowest BCUT2D eigenvalue weighted by atomic mass is 10.2. The Morgan fingerprint density at radius 3 is 2.43 bits per heavy atom. The molecule has 78 valence electrons. The minimum absolute atomic E-state index is 0.667. The highest BCUT2D eigenvalue weighted by Gasteiger charge is 2.03. The highest BCUT2D eigenvalue weighted by molar-refractivity contribution is 5.08. The molecule has 4 heteroatoms. The summed E-state index contributed by atoms with van der Waals surface area (Å²) in [7, 11) is 0. The molecule has 1 aromatic heterocycles. The molecule has 0 saturated carbocycles. The van der Waals surface area contributed by atoms with Gasteiger partial charge in [-0.1, -0.05) is 6.07 Å². The molecule has 1 aromatic rings. The van der Waals surface area contributed by atoms with Gasteiger partial charge in [0.05, 0.1) is 0 Å². The van der Waals surface area contributed by atoms with Crippen LogP contribution in [0.3, 0.4) is 0 Å². The summed E-state index contributed by atoms with van der Waals surface area (Å²) < 4.78 is 0. The summed E-state index contributed by atoms with van der Waals surface area (Å²) in [4.78, 5) is 6.30. The zero-order valence-electron chi connectivity index (χ0n) is 8.39. The maximum atomic E-state index is 5.52. The monoisotopic (exact) mass is 194 g/mol. The first-order chi connectivity index (χ1) is 6.86. The Balaban J connectivity index is 2.46. The average molecular weight is 194 g/mol. The summed E-state index contributed by atoms with van der Waals surface area (Å²) in [6.07, 6.45) is 3.65. The van der Waals surface area contributed by atoms with Crippen molar-refractivity contribution in [1.29, 1.82) is 0 Å². The van der Waals surface area contributed by atoms with E-state index >= 15 is 0 Å². The normalized spacial score (nSPS) is 10.8. The molecule has 0 aliphatic rings. The lowest BCUT2D eigenvalue weighted by molar-refractivity contribution is 0.280. The molecule has 1 rings (SSSR count). The van der Waals surface area contributed by atoms with Gasteiger partial charge >= 0.3 is 0 Å². The third-order valence-electron chi connectivity index (χ3n) is 2.02. The summed E-state index contributed by atoms with van der Waals surface area (Å²) in [5.41, 5.74) is 12.2. The number of nitrogens with zero attached hydrogens (tertiary/aromatic N) is 2. The van der Waals surface area contributed by atoms with Crippen molar-refractivity contribution in [3.05, 3.63) is 30.1 Å². The van der Waals surface area contributed by atoms with Crippen molar-refractivity contribution in [3.8, 4) is 0 Å². The van der Waals surface area contributed by atoms with Crippen LogP contribution in [0, 0.1) is 0 Å². The van der Waals surface area contributed by atoms with E-state index in [9.17, 15) is 0 Å². The molecule has 0 aliphatic carbocycles. The van der Waals surface area contributed by atoms with Crippen LogP contribution >= 0.6 is 0 Å². The molecular weight excluding hydrogens is 176 g/mol. The second-order valence-electron chi connectivity index (χ2n) is 3.21. The summed E-state index contributed by atoms with van der Waals surface area (Å²) in [5, 5.41) is 0. The number of hydrogen-bond donors (Lipinski definition) is 2. The van der Waals surface area contributed by atoms with E-state index < -0.39 is 0 Å². The molecule has 0 atom stereocenters. The number of aromatic nitrogens is 1. The summed E-state index contributed by atoms with van der Waals surface area (Å²) in [6, 6.07) is 4.01. The Morgan fingerprint density at radius 1 is 1.21 bits per heavy atom. The molecule has 14 heavy (non-hydrogen) atoms. The topological polar surface area (TPSA) is 68.2 Å². The van der Waals surface area contributed by atoms with E-state index in [-0.39, 0.29) is 0 Å². The van der Waals surface area contributed by atoms with E-state index in [1.807, 2.05) is 12.3 Å². The first-order valence-corrected chi connectivity index (χ1v) is 4.88. The molecule has 0 bridgehead atoms. The van der Waals surface area contributed by atoms with Crippen LogP contribution in [0.5, 0.6) is 0 Å². The highest BCUT2D eigenvalue weighted by Crippen LogP contribution is 2.01. The third-order valence-corrected chi connectivity index (χ3v) is 2.02. The van der Waals surface area contributed by atoms with Crippen LogP contribution in [0.4, 0.5) is 0 Å². The van der Waals surface area contributed by atoms with Crippen LogP contribution < -0.4 is 11.5 Å². The van der Waals surface area contributed by atoms with Crippen LogP contribution in [0.15, 0.2) is 24.5 Å². The molecule has 0 aromatic carbocycles. The summed E-state index contributed by atoms with van der Waals surface area (Å²) in [6.45, 7) is 3.97. The first kappa shape index (κ1) is 11.1. The second kappa shape index (κ2) is 6.48. The minimum Gasteiger partial charge on any atom is -0.329 e. The van der Waals surface area contributed by atoms with Crippen LogP contribution in [-0.2, 0) is 6.54 Å². The molecule has 0 spiro atoms. The molecule has 0 aliphatic heterocycles. The van der Waals surface area contributed by atoms with Gasteiger partial charge in [0.15, 0.2) is 0 Å². The van der Waals surface area contributed by atoms with Crippen molar-refractivity contribution >= 4 is 0 Å². The summed E-state index contributed by atoms with van der Waals surface area (Å²) >= 11 is 0. The van der Waals surface area contributed by atoms with Crippen LogP contribution in [-0.4, -0.2) is 36.1 Å². The first-order valence-electron chi connectivity index (χ1n) is 4.88. The maximum Gasteiger partial charge on any atom is 0.0312 e. The van der Waals surface area contributed by atoms with Crippen molar-refractivity contribution < 1.29 is 0 Å². The largest absolute Gasteiger partial charge is 0.329 e. The molecule has 1 heterocycles. The zero-order valence-corrected chi connectivity index (χ0v) is 8.39. The molecule has 0 amide bonds. The lowest BCUT2D eigenvalue weighted by Crippen LogP contribution is -2.33. The van der Waals surface area contributed by atoms with Crippen LogP contribution in [0.2, 0.25) is 0 Å². The molecule has 0 saturated heterocycles. The Hall–Kier alpha value is -0.970. The van der Waals surface area contributed by atoms with Crippen molar-refractivity contribution in [3.63, 3.8) is 0 Å². The van der Waals surface area contributed by atoms with Gasteiger partial charge in [0.2, 0.25) is 0 Å². The van der Waals surface area contributed by atoms with Crippen molar-refractivity contribution in [2.45, 2.75) is 6.54 Å². The number of rotatable bonds is 6. The van der Waals surface area contributed by atoms with Crippen LogP contribution in [0.25, 0.3) is 0 Å². The Labute approximate surface area is 84.9 Å². The molecular formula is C10H18N4. The van der Waals surface area contributed by atoms with Gasteiger partial charge in [-0.2, -0.15) is 0 Å². The van der Waals surface area contributed by atoms with Gasteiger partial charge in [-0.15, -0.1) is 0 Å². The smallest absolute Gasteiger partial charge is 0.0312 e. The molecule has 0 radical (unpaired) electrons. The van der Waals surface area contributed by atoms with Gasteiger partial charge in [0.1, 0.15) is 0 Å². The van der Waals surface area contributed by atoms with Crippen molar-refractivity contribution in [2.24, 2.45) is 11.5 Å². The van der Waals surface area contributed by atoms with Crippen molar-refractivity contribution in [1.82, 2.24) is 9.88 Å². The Bertz CT molecular complexity index is 231. The molecule has 4 nitrogen and oxygen atoms in total. The van der Waals surface area contributed by atoms with Gasteiger partial charge in [0.25, 0.3) is 0 Å². The van der Waals surface area contributed by atoms with E-state index in [1.54, 1.807) is 6.20 Å². The number of hydrogen-bond acceptors (Lipinski definition) is 4. The van der Waals surface area contributed by atoms with Crippen molar-refractivity contribution in [2.75, 3.05) is 26.2 Å². The average Bonchev–Trinajstić information content (AvgIpc) is 2.20. The van der Waals surface area contributed by atoms with Gasteiger partial charge in [-0.3, -0.25) is 9.88 Å². The molecule has 4 N–H and O–H groups in total. The van der Waals surface area contributed by atoms with Gasteiger partial charge in [-0.05, 0) is 11.6 Å². The number of pyridine rings is 1. The van der Waals surface area contributed by atoms with E-state index in [1.165, 1.54) is 5.56 Å². The fourth-order valence-corrected chi connectivity index (χ4v) is 1.38. The quantitative estimate of drug-likeness (QED) is 0.658. The Morgan fingerprint density at radius 2 is 1.93 bits per heavy atom. The summed E-state index contributed by atoms with van der Waals surface area (Å²) in [5.74, 6) is 0. The van der Waals surface area contributed by atoms with Crippen LogP contribution in [0.1, 0.15) is 5.56 Å². The molecule has 0 fully saturated rings. The predicted molar refractivity (Wildman–Crippen MR) is 57.6 cm³/mol. The van der Waals surface area contributed by atoms with Gasteiger partial charge < -0.3 is 11.5 Å². The fourth-order valence-electron chi connectivity index (χ4n) is 1.38.